The number of benzene rings is 10. The first kappa shape index (κ1) is 23.8. The van der Waals surface area contributed by atoms with E-state index in [2.05, 4.69) is 158 Å². The lowest BCUT2D eigenvalue weighted by Crippen LogP contribution is -1.92. The maximum absolute atomic E-state index is 2.40. The van der Waals surface area contributed by atoms with Crippen molar-refractivity contribution in [2.24, 2.45) is 0 Å². The standard InChI is InChI=1S/C44H26/c1-2-11-33-27(8-1)16-17-28-18-21-32(26-40(28)33)42-34-12-3-5-14-36(34)44(37-15-6-4-13-35(37)42)39-25-23-31-20-19-29-9-7-10-30-22-24-38(39)43(31)41(29)30/h1-26H. The lowest BCUT2D eigenvalue weighted by atomic mass is 9.83. The normalized spacial score (nSPS) is 12.1. The van der Waals surface area contributed by atoms with E-state index in [1.54, 1.807) is 0 Å². The molecule has 10 aromatic rings. The smallest absolute Gasteiger partial charge is 0.00201 e. The summed E-state index contributed by atoms with van der Waals surface area (Å²) in [7, 11) is 0. The lowest BCUT2D eigenvalue weighted by molar-refractivity contribution is 1.69. The van der Waals surface area contributed by atoms with Crippen molar-refractivity contribution in [3.8, 4) is 22.3 Å². The molecule has 10 rings (SSSR count). The molecule has 0 unspecified atom stereocenters. The van der Waals surface area contributed by atoms with E-state index in [0.29, 0.717) is 0 Å². The Hall–Kier alpha value is -5.72. The molecule has 0 aliphatic carbocycles. The van der Waals surface area contributed by atoms with Crippen LogP contribution in [0.15, 0.2) is 158 Å². The van der Waals surface area contributed by atoms with E-state index in [9.17, 15) is 0 Å². The summed E-state index contributed by atoms with van der Waals surface area (Å²) < 4.78 is 0. The molecular formula is C44H26. The molecule has 202 valence electrons. The van der Waals surface area contributed by atoms with Gasteiger partial charge in [-0.3, -0.25) is 0 Å². The van der Waals surface area contributed by atoms with Crippen molar-refractivity contribution in [3.05, 3.63) is 158 Å². The van der Waals surface area contributed by atoms with Crippen molar-refractivity contribution in [1.82, 2.24) is 0 Å². The third-order valence-electron chi connectivity index (χ3n) is 9.76. The van der Waals surface area contributed by atoms with Crippen LogP contribution in [0, 0.1) is 0 Å². The summed E-state index contributed by atoms with van der Waals surface area (Å²) in [5, 5.41) is 18.2. The molecule has 0 radical (unpaired) electrons. The van der Waals surface area contributed by atoms with Gasteiger partial charge in [-0.2, -0.15) is 0 Å². The fraction of sp³-hybridized carbons (Fsp3) is 0. The minimum Gasteiger partial charge on any atom is -0.0616 e. The minimum atomic E-state index is 1.25. The average molecular weight is 555 g/mol. The van der Waals surface area contributed by atoms with Crippen LogP contribution in [0.1, 0.15) is 0 Å². The van der Waals surface area contributed by atoms with Gasteiger partial charge in [0.2, 0.25) is 0 Å². The van der Waals surface area contributed by atoms with Gasteiger partial charge in [0.05, 0.1) is 0 Å². The Labute approximate surface area is 254 Å². The van der Waals surface area contributed by atoms with Gasteiger partial charge in [-0.1, -0.05) is 152 Å². The molecule has 0 N–H and O–H groups in total. The van der Waals surface area contributed by atoms with E-state index in [1.807, 2.05) is 0 Å². The molecule has 0 amide bonds. The first-order chi connectivity index (χ1) is 21.8. The highest BCUT2D eigenvalue weighted by Gasteiger charge is 2.19. The number of rotatable bonds is 2. The largest absolute Gasteiger partial charge is 0.0616 e. The topological polar surface area (TPSA) is 0 Å². The summed E-state index contributed by atoms with van der Waals surface area (Å²) in [5.41, 5.74) is 5.15. The summed E-state index contributed by atoms with van der Waals surface area (Å²) >= 11 is 0. The Kier molecular flexibility index (Phi) is 4.81. The molecule has 0 heterocycles. The molecule has 0 aliphatic rings. The zero-order chi connectivity index (χ0) is 28.8. The molecule has 0 aromatic heterocycles. The Morgan fingerprint density at radius 1 is 0.250 bits per heavy atom. The lowest BCUT2D eigenvalue weighted by Gasteiger charge is -2.20. The van der Waals surface area contributed by atoms with Crippen LogP contribution in [0.4, 0.5) is 0 Å². The van der Waals surface area contributed by atoms with Gasteiger partial charge in [-0.15, -0.1) is 0 Å². The summed E-state index contributed by atoms with van der Waals surface area (Å²) in [6.07, 6.45) is 0. The van der Waals surface area contributed by atoms with E-state index in [-0.39, 0.29) is 0 Å². The molecule has 0 aliphatic heterocycles. The zero-order valence-corrected chi connectivity index (χ0v) is 24.0. The number of hydrogen-bond acceptors (Lipinski definition) is 0. The van der Waals surface area contributed by atoms with Gasteiger partial charge >= 0.3 is 0 Å². The third-order valence-corrected chi connectivity index (χ3v) is 9.76. The molecule has 10 aromatic carbocycles. The van der Waals surface area contributed by atoms with Crippen molar-refractivity contribution in [3.63, 3.8) is 0 Å². The molecular weight excluding hydrogens is 528 g/mol. The van der Waals surface area contributed by atoms with Crippen LogP contribution in [0.3, 0.4) is 0 Å². The first-order valence-corrected chi connectivity index (χ1v) is 15.4. The van der Waals surface area contributed by atoms with Gasteiger partial charge < -0.3 is 0 Å². The van der Waals surface area contributed by atoms with Crippen LogP contribution in [0.25, 0.3) is 97.7 Å². The quantitative estimate of drug-likeness (QED) is 0.147. The van der Waals surface area contributed by atoms with Gasteiger partial charge in [0.25, 0.3) is 0 Å². The second-order valence-electron chi connectivity index (χ2n) is 12.0. The van der Waals surface area contributed by atoms with Gasteiger partial charge in [-0.05, 0) is 104 Å². The highest BCUT2D eigenvalue weighted by atomic mass is 14.2. The van der Waals surface area contributed by atoms with E-state index in [0.717, 1.165) is 0 Å². The average Bonchev–Trinajstić information content (AvgIpc) is 3.09. The van der Waals surface area contributed by atoms with Crippen molar-refractivity contribution in [2.75, 3.05) is 0 Å². The zero-order valence-electron chi connectivity index (χ0n) is 24.0. The number of hydrogen-bond donors (Lipinski definition) is 0. The molecule has 0 saturated heterocycles. The fourth-order valence-electron chi connectivity index (χ4n) is 7.84. The van der Waals surface area contributed by atoms with Crippen LogP contribution >= 0.6 is 0 Å². The van der Waals surface area contributed by atoms with Crippen molar-refractivity contribution < 1.29 is 0 Å². The Bertz CT molecular complexity index is 2690. The minimum absolute atomic E-state index is 1.25. The van der Waals surface area contributed by atoms with E-state index in [4.69, 9.17) is 0 Å². The predicted octanol–water partition coefficient (Wildman–Crippen LogP) is 12.5. The molecule has 0 atom stereocenters. The Balaban J connectivity index is 1.34. The predicted molar refractivity (Wildman–Crippen MR) is 191 cm³/mol. The van der Waals surface area contributed by atoms with Crippen LogP contribution < -0.4 is 0 Å². The van der Waals surface area contributed by atoms with E-state index < -0.39 is 0 Å². The van der Waals surface area contributed by atoms with Gasteiger partial charge in [0.15, 0.2) is 0 Å². The molecule has 0 saturated carbocycles. The maximum Gasteiger partial charge on any atom is -0.00201 e. The number of fused-ring (bicyclic) bond motifs is 5. The molecule has 0 nitrogen and oxygen atoms in total. The molecule has 0 bridgehead atoms. The van der Waals surface area contributed by atoms with E-state index in [1.165, 1.54) is 97.7 Å². The molecule has 0 spiro atoms. The molecule has 0 fully saturated rings. The summed E-state index contributed by atoms with van der Waals surface area (Å²) in [4.78, 5) is 0. The van der Waals surface area contributed by atoms with Crippen molar-refractivity contribution in [1.29, 1.82) is 0 Å². The third kappa shape index (κ3) is 3.23. The molecule has 0 heteroatoms. The summed E-state index contributed by atoms with van der Waals surface area (Å²) in [6, 6.07) is 58.7. The van der Waals surface area contributed by atoms with Gasteiger partial charge in [0.1, 0.15) is 0 Å². The Morgan fingerprint density at radius 3 is 1.43 bits per heavy atom. The first-order valence-electron chi connectivity index (χ1n) is 15.4. The van der Waals surface area contributed by atoms with Gasteiger partial charge in [-0.25, -0.2) is 0 Å². The second kappa shape index (κ2) is 8.89. The highest BCUT2D eigenvalue weighted by molar-refractivity contribution is 6.29. The molecule has 44 heavy (non-hydrogen) atoms. The van der Waals surface area contributed by atoms with E-state index >= 15 is 0 Å². The van der Waals surface area contributed by atoms with Crippen LogP contribution in [0.5, 0.6) is 0 Å². The van der Waals surface area contributed by atoms with Crippen molar-refractivity contribution >= 4 is 75.4 Å². The second-order valence-corrected chi connectivity index (χ2v) is 12.0. The monoisotopic (exact) mass is 554 g/mol. The van der Waals surface area contributed by atoms with Crippen molar-refractivity contribution in [2.45, 2.75) is 0 Å². The summed E-state index contributed by atoms with van der Waals surface area (Å²) in [5.74, 6) is 0. The van der Waals surface area contributed by atoms with Crippen LogP contribution in [0.2, 0.25) is 0 Å². The van der Waals surface area contributed by atoms with Crippen LogP contribution in [-0.4, -0.2) is 0 Å². The summed E-state index contributed by atoms with van der Waals surface area (Å²) in [6.45, 7) is 0. The van der Waals surface area contributed by atoms with Crippen LogP contribution in [-0.2, 0) is 0 Å². The Morgan fingerprint density at radius 2 is 0.727 bits per heavy atom. The SMILES string of the molecule is c1ccc2c(c1)ccc1ccc(-c3c4ccccc4c(-c4ccc5ccc6cccc7ccc4c5c67)c4ccccc34)cc12. The van der Waals surface area contributed by atoms with Gasteiger partial charge in [0, 0.05) is 0 Å². The highest BCUT2D eigenvalue weighted by Crippen LogP contribution is 2.47. The maximum atomic E-state index is 2.40. The fourth-order valence-corrected chi connectivity index (χ4v) is 7.84.